The number of nitro groups is 1. The average Bonchev–Trinajstić information content (AvgIpc) is 2.78. The Labute approximate surface area is 184 Å². The minimum absolute atomic E-state index is 0.376. The van der Waals surface area contributed by atoms with Crippen LogP contribution in [0.5, 0.6) is 0 Å². The van der Waals surface area contributed by atoms with Crippen LogP contribution in [0, 0.1) is 10.1 Å². The van der Waals surface area contributed by atoms with Crippen molar-refractivity contribution in [3.63, 3.8) is 0 Å². The molecular weight excluding hydrogens is 388 g/mol. The predicted octanol–water partition coefficient (Wildman–Crippen LogP) is 4.72. The highest BCUT2D eigenvalue weighted by Crippen LogP contribution is 2.26. The smallest absolute Gasteiger partial charge is 0.243 e. The Balaban J connectivity index is 2.00. The largest absolute Gasteiger partial charge is 0.384 e. The van der Waals surface area contributed by atoms with Gasteiger partial charge in [0, 0.05) is 37.9 Å². The van der Waals surface area contributed by atoms with Crippen LogP contribution >= 0.6 is 0 Å². The third kappa shape index (κ3) is 6.00. The zero-order valence-corrected chi connectivity index (χ0v) is 18.1. The number of benzene rings is 3. The van der Waals surface area contributed by atoms with E-state index in [-0.39, 0.29) is 4.92 Å². The van der Waals surface area contributed by atoms with Crippen molar-refractivity contribution in [3.8, 4) is 0 Å². The second-order valence-electron chi connectivity index (χ2n) is 8.49. The maximum Gasteiger partial charge on any atom is 0.243 e. The molecule has 3 aromatic rings. The van der Waals surface area contributed by atoms with Gasteiger partial charge >= 0.3 is 0 Å². The first kappa shape index (κ1) is 22.7. The van der Waals surface area contributed by atoms with E-state index in [1.165, 1.54) is 13.8 Å². The molecule has 0 aliphatic heterocycles. The summed E-state index contributed by atoms with van der Waals surface area (Å²) in [5.74, 6) is 0. The SMILES string of the molecule is CC(C)([C@@H](O)[C@H](Cc1ccccc1)N(Cc1ccccc1)Cc1ccccc1)[N+](=O)[O-]. The number of aliphatic hydroxyl groups is 1. The van der Waals surface area contributed by atoms with E-state index in [0.717, 1.165) is 16.7 Å². The van der Waals surface area contributed by atoms with Gasteiger partial charge in [-0.25, -0.2) is 0 Å². The molecule has 162 valence electrons. The topological polar surface area (TPSA) is 66.6 Å². The van der Waals surface area contributed by atoms with Crippen molar-refractivity contribution < 1.29 is 10.0 Å². The summed E-state index contributed by atoms with van der Waals surface area (Å²) in [7, 11) is 0. The third-order valence-electron chi connectivity index (χ3n) is 5.77. The van der Waals surface area contributed by atoms with Gasteiger partial charge in [-0.2, -0.15) is 0 Å². The molecule has 3 rings (SSSR count). The molecule has 2 atom stereocenters. The Hall–Kier alpha value is -3.02. The van der Waals surface area contributed by atoms with Crippen LogP contribution in [-0.2, 0) is 19.5 Å². The van der Waals surface area contributed by atoms with E-state index in [4.69, 9.17) is 0 Å². The molecule has 0 aromatic heterocycles. The van der Waals surface area contributed by atoms with Crippen molar-refractivity contribution in [1.29, 1.82) is 0 Å². The first-order valence-electron chi connectivity index (χ1n) is 10.6. The van der Waals surface area contributed by atoms with Gasteiger partial charge in [-0.15, -0.1) is 0 Å². The summed E-state index contributed by atoms with van der Waals surface area (Å²) in [6.45, 7) is 4.16. The second kappa shape index (κ2) is 10.3. The van der Waals surface area contributed by atoms with Crippen LogP contribution in [0.25, 0.3) is 0 Å². The minimum atomic E-state index is -1.48. The van der Waals surface area contributed by atoms with Gasteiger partial charge in [0.1, 0.15) is 6.10 Å². The maximum absolute atomic E-state index is 11.8. The van der Waals surface area contributed by atoms with E-state index in [0.29, 0.717) is 19.5 Å². The van der Waals surface area contributed by atoms with Gasteiger partial charge in [0.05, 0.1) is 0 Å². The van der Waals surface area contributed by atoms with E-state index < -0.39 is 17.7 Å². The molecule has 3 aromatic carbocycles. The van der Waals surface area contributed by atoms with Crippen LogP contribution in [-0.4, -0.2) is 32.6 Å². The van der Waals surface area contributed by atoms with Crippen molar-refractivity contribution in [2.75, 3.05) is 0 Å². The first-order valence-corrected chi connectivity index (χ1v) is 10.6. The van der Waals surface area contributed by atoms with Crippen molar-refractivity contribution in [2.45, 2.75) is 51.0 Å². The van der Waals surface area contributed by atoms with Gasteiger partial charge in [0.15, 0.2) is 0 Å². The van der Waals surface area contributed by atoms with Crippen LogP contribution in [0.15, 0.2) is 91.0 Å². The van der Waals surface area contributed by atoms with E-state index in [9.17, 15) is 15.2 Å². The number of hydrogen-bond donors (Lipinski definition) is 1. The summed E-state index contributed by atoms with van der Waals surface area (Å²) in [6, 6.07) is 29.5. The highest BCUT2D eigenvalue weighted by Gasteiger charge is 2.46. The Kier molecular flexibility index (Phi) is 7.55. The normalized spacial score (nSPS) is 13.7. The molecule has 0 aliphatic carbocycles. The zero-order chi connectivity index (χ0) is 22.3. The lowest BCUT2D eigenvalue weighted by molar-refractivity contribution is -0.575. The fourth-order valence-electron chi connectivity index (χ4n) is 3.80. The lowest BCUT2D eigenvalue weighted by atomic mass is 9.87. The number of aliphatic hydroxyl groups excluding tert-OH is 1. The van der Waals surface area contributed by atoms with E-state index in [2.05, 4.69) is 4.90 Å². The Morgan fingerprint density at radius 2 is 1.19 bits per heavy atom. The molecule has 0 aliphatic rings. The fourth-order valence-corrected chi connectivity index (χ4v) is 3.80. The molecule has 1 N–H and O–H groups in total. The van der Waals surface area contributed by atoms with Crippen molar-refractivity contribution in [3.05, 3.63) is 118 Å². The lowest BCUT2D eigenvalue weighted by Gasteiger charge is -2.38. The summed E-state index contributed by atoms with van der Waals surface area (Å²) in [6.07, 6.45) is -0.644. The van der Waals surface area contributed by atoms with Gasteiger partial charge in [0.25, 0.3) is 0 Å². The molecule has 5 heteroatoms. The molecule has 0 fully saturated rings. The third-order valence-corrected chi connectivity index (χ3v) is 5.77. The fraction of sp³-hybridized carbons (Fsp3) is 0.308. The van der Waals surface area contributed by atoms with Crippen molar-refractivity contribution in [2.24, 2.45) is 0 Å². The maximum atomic E-state index is 11.8. The Morgan fingerprint density at radius 3 is 1.58 bits per heavy atom. The summed E-state index contributed by atoms with van der Waals surface area (Å²) < 4.78 is 0. The van der Waals surface area contributed by atoms with Gasteiger partial charge in [0.2, 0.25) is 5.54 Å². The van der Waals surface area contributed by atoms with Crippen LogP contribution in [0.4, 0.5) is 0 Å². The molecular formula is C26H30N2O3. The van der Waals surface area contributed by atoms with Crippen molar-refractivity contribution in [1.82, 2.24) is 4.90 Å². The molecule has 0 spiro atoms. The van der Waals surface area contributed by atoms with Crippen LogP contribution < -0.4 is 0 Å². The Morgan fingerprint density at radius 1 is 0.806 bits per heavy atom. The molecule has 5 nitrogen and oxygen atoms in total. The zero-order valence-electron chi connectivity index (χ0n) is 18.1. The van der Waals surface area contributed by atoms with Crippen LogP contribution in [0.3, 0.4) is 0 Å². The molecule has 0 unspecified atom stereocenters. The quantitative estimate of drug-likeness (QED) is 0.382. The van der Waals surface area contributed by atoms with Gasteiger partial charge in [-0.05, 0) is 23.1 Å². The van der Waals surface area contributed by atoms with Crippen LogP contribution in [0.1, 0.15) is 30.5 Å². The van der Waals surface area contributed by atoms with E-state index in [1.54, 1.807) is 0 Å². The number of hydrogen-bond acceptors (Lipinski definition) is 4. The standard InChI is InChI=1S/C26H30N2O3/c1-26(2,28(30)31)25(29)24(18-21-12-6-3-7-13-21)27(19-22-14-8-4-9-15-22)20-23-16-10-5-11-17-23/h3-17,24-25,29H,18-20H2,1-2H3/t24-,25-/m0/s1. The molecule has 31 heavy (non-hydrogen) atoms. The minimum Gasteiger partial charge on any atom is -0.384 e. The average molecular weight is 419 g/mol. The molecule has 0 bridgehead atoms. The first-order chi connectivity index (χ1) is 14.9. The summed E-state index contributed by atoms with van der Waals surface area (Å²) in [4.78, 5) is 13.6. The second-order valence-corrected chi connectivity index (χ2v) is 8.49. The molecule has 0 saturated heterocycles. The van der Waals surface area contributed by atoms with Crippen LogP contribution in [0.2, 0.25) is 0 Å². The van der Waals surface area contributed by atoms with Gasteiger partial charge < -0.3 is 5.11 Å². The highest BCUT2D eigenvalue weighted by atomic mass is 16.6. The summed E-state index contributed by atoms with van der Waals surface area (Å²) >= 11 is 0. The summed E-state index contributed by atoms with van der Waals surface area (Å²) in [5, 5.41) is 23.1. The summed E-state index contributed by atoms with van der Waals surface area (Å²) in [5.41, 5.74) is 1.76. The lowest BCUT2D eigenvalue weighted by Crippen LogP contribution is -2.56. The highest BCUT2D eigenvalue weighted by molar-refractivity contribution is 5.20. The molecule has 0 heterocycles. The van der Waals surface area contributed by atoms with E-state index >= 15 is 0 Å². The predicted molar refractivity (Wildman–Crippen MR) is 123 cm³/mol. The van der Waals surface area contributed by atoms with Gasteiger partial charge in [-0.1, -0.05) is 91.0 Å². The molecule has 0 saturated carbocycles. The Bertz CT molecular complexity index is 905. The molecule has 0 radical (unpaired) electrons. The number of rotatable bonds is 10. The monoisotopic (exact) mass is 418 g/mol. The molecule has 0 amide bonds. The van der Waals surface area contributed by atoms with Crippen molar-refractivity contribution >= 4 is 0 Å². The number of nitrogens with zero attached hydrogens (tertiary/aromatic N) is 2. The van der Waals surface area contributed by atoms with E-state index in [1.807, 2.05) is 91.0 Å². The van der Waals surface area contributed by atoms with Gasteiger partial charge in [-0.3, -0.25) is 15.0 Å².